The Hall–Kier alpha value is -1.13. The second kappa shape index (κ2) is 5.82. The van der Waals surface area contributed by atoms with Crippen molar-refractivity contribution in [3.63, 3.8) is 0 Å². The van der Waals surface area contributed by atoms with Crippen molar-refractivity contribution in [3.8, 4) is 0 Å². The Morgan fingerprint density at radius 2 is 2.06 bits per heavy atom. The topological polar surface area (TPSA) is 48.7 Å². The van der Waals surface area contributed by atoms with E-state index in [2.05, 4.69) is 0 Å². The molecule has 0 aromatic carbocycles. The normalized spacial score (nSPS) is 11.7. The van der Waals surface area contributed by atoms with Crippen LogP contribution in [-0.4, -0.2) is 25.1 Å². The summed E-state index contributed by atoms with van der Waals surface area (Å²) < 4.78 is 16.0. The molecule has 4 nitrogen and oxygen atoms in total. The molecule has 90 valence electrons. The zero-order chi connectivity index (χ0) is 12.0. The average molecular weight is 226 g/mol. The van der Waals surface area contributed by atoms with Crippen molar-refractivity contribution in [1.82, 2.24) is 0 Å². The van der Waals surface area contributed by atoms with E-state index in [1.807, 2.05) is 20.8 Å². The van der Waals surface area contributed by atoms with Gasteiger partial charge in [0.2, 0.25) is 0 Å². The molecule has 0 unspecified atom stereocenters. The van der Waals surface area contributed by atoms with E-state index < -0.39 is 0 Å². The highest BCUT2D eigenvalue weighted by Crippen LogP contribution is 2.08. The molecule has 16 heavy (non-hydrogen) atoms. The van der Waals surface area contributed by atoms with Gasteiger partial charge < -0.3 is 13.9 Å². The number of ether oxygens (including phenoxy) is 2. The van der Waals surface area contributed by atoms with E-state index in [1.165, 1.54) is 0 Å². The molecule has 0 saturated carbocycles. The van der Waals surface area contributed by atoms with E-state index >= 15 is 0 Å². The van der Waals surface area contributed by atoms with Crippen molar-refractivity contribution >= 4 is 6.29 Å². The molecule has 0 atom stereocenters. The highest BCUT2D eigenvalue weighted by Gasteiger charge is 2.09. The van der Waals surface area contributed by atoms with E-state index in [9.17, 15) is 4.79 Å². The van der Waals surface area contributed by atoms with Crippen LogP contribution in [0.25, 0.3) is 0 Å². The highest BCUT2D eigenvalue weighted by molar-refractivity contribution is 5.70. The van der Waals surface area contributed by atoms with E-state index in [0.29, 0.717) is 37.6 Å². The molecule has 0 aliphatic carbocycles. The van der Waals surface area contributed by atoms with Crippen LogP contribution in [0.5, 0.6) is 0 Å². The molecule has 0 aliphatic rings. The Bertz CT molecular complexity index is 322. The summed E-state index contributed by atoms with van der Waals surface area (Å²) in [6, 6.07) is 3.35. The lowest BCUT2D eigenvalue weighted by molar-refractivity contribution is -0.0394. The summed E-state index contributed by atoms with van der Waals surface area (Å²) in [5, 5.41) is 0. The van der Waals surface area contributed by atoms with Crippen molar-refractivity contribution in [2.45, 2.75) is 33.0 Å². The van der Waals surface area contributed by atoms with E-state index in [0.717, 1.165) is 0 Å². The van der Waals surface area contributed by atoms with Crippen molar-refractivity contribution in [3.05, 3.63) is 23.7 Å². The lowest BCUT2D eigenvalue weighted by Gasteiger charge is -2.19. The predicted octanol–water partition coefficient (Wildman–Crippen LogP) is 2.42. The second-order valence-electron chi connectivity index (χ2n) is 4.44. The highest BCUT2D eigenvalue weighted by atomic mass is 16.5. The molecule has 0 bridgehead atoms. The number of carbonyl (C=O) groups is 1. The molecule has 1 aromatic heterocycles. The van der Waals surface area contributed by atoms with Gasteiger partial charge in [0.1, 0.15) is 12.4 Å². The summed E-state index contributed by atoms with van der Waals surface area (Å²) in [5.74, 6) is 0.974. The van der Waals surface area contributed by atoms with Gasteiger partial charge in [-0.3, -0.25) is 4.79 Å². The number of rotatable bonds is 6. The minimum Gasteiger partial charge on any atom is -0.456 e. The number of carbonyl (C=O) groups excluding carboxylic acids is 1. The van der Waals surface area contributed by atoms with Gasteiger partial charge in [-0.1, -0.05) is 0 Å². The Labute approximate surface area is 95.5 Å². The third-order valence-electron chi connectivity index (χ3n) is 1.81. The molecule has 1 heterocycles. The zero-order valence-corrected chi connectivity index (χ0v) is 9.99. The molecule has 0 saturated heterocycles. The van der Waals surface area contributed by atoms with E-state index in [4.69, 9.17) is 13.9 Å². The molecule has 0 amide bonds. The quantitative estimate of drug-likeness (QED) is 0.552. The Kier molecular flexibility index (Phi) is 4.71. The van der Waals surface area contributed by atoms with Crippen molar-refractivity contribution in [2.75, 3.05) is 13.2 Å². The van der Waals surface area contributed by atoms with Crippen LogP contribution in [0.3, 0.4) is 0 Å². The van der Waals surface area contributed by atoms with Gasteiger partial charge in [-0.2, -0.15) is 0 Å². The first-order chi connectivity index (χ1) is 7.51. The third kappa shape index (κ3) is 5.09. The average Bonchev–Trinajstić information content (AvgIpc) is 2.63. The van der Waals surface area contributed by atoms with Gasteiger partial charge in [-0.25, -0.2) is 0 Å². The van der Waals surface area contributed by atoms with E-state index in [-0.39, 0.29) is 5.60 Å². The van der Waals surface area contributed by atoms with Crippen LogP contribution in [0.4, 0.5) is 0 Å². The largest absolute Gasteiger partial charge is 0.456 e. The smallest absolute Gasteiger partial charge is 0.185 e. The molecule has 0 aliphatic heterocycles. The number of hydrogen-bond acceptors (Lipinski definition) is 4. The van der Waals surface area contributed by atoms with Crippen LogP contribution in [0.15, 0.2) is 16.5 Å². The molecule has 0 fully saturated rings. The van der Waals surface area contributed by atoms with Gasteiger partial charge in [0.25, 0.3) is 0 Å². The lowest BCUT2D eigenvalue weighted by Crippen LogP contribution is -2.21. The van der Waals surface area contributed by atoms with Gasteiger partial charge in [-0.15, -0.1) is 0 Å². The van der Waals surface area contributed by atoms with Crippen LogP contribution < -0.4 is 0 Å². The maximum atomic E-state index is 10.4. The third-order valence-corrected chi connectivity index (χ3v) is 1.81. The molecule has 0 radical (unpaired) electrons. The van der Waals surface area contributed by atoms with Gasteiger partial charge in [0.15, 0.2) is 12.0 Å². The minimum absolute atomic E-state index is 0.140. The molecule has 1 aromatic rings. The van der Waals surface area contributed by atoms with Gasteiger partial charge in [-0.05, 0) is 32.9 Å². The maximum absolute atomic E-state index is 10.4. The standard InChI is InChI=1S/C12H18O4/c1-12(2,3)15-7-6-14-9-11-5-4-10(8-13)16-11/h4-5,8H,6-7,9H2,1-3H3. The molecule has 0 N–H and O–H groups in total. The number of hydrogen-bond donors (Lipinski definition) is 0. The molecule has 0 spiro atoms. The zero-order valence-electron chi connectivity index (χ0n) is 9.99. The summed E-state index contributed by atoms with van der Waals surface area (Å²) in [6.45, 7) is 7.40. The monoisotopic (exact) mass is 226 g/mol. The summed E-state index contributed by atoms with van der Waals surface area (Å²) in [4.78, 5) is 10.4. The molecule has 1 rings (SSSR count). The predicted molar refractivity (Wildman–Crippen MR) is 59.5 cm³/mol. The molecular weight excluding hydrogens is 208 g/mol. The first-order valence-corrected chi connectivity index (χ1v) is 5.27. The first-order valence-electron chi connectivity index (χ1n) is 5.27. The van der Waals surface area contributed by atoms with Gasteiger partial charge >= 0.3 is 0 Å². The van der Waals surface area contributed by atoms with E-state index in [1.54, 1.807) is 12.1 Å². The second-order valence-corrected chi connectivity index (χ2v) is 4.44. The summed E-state index contributed by atoms with van der Waals surface area (Å²) in [5.41, 5.74) is -0.140. The van der Waals surface area contributed by atoms with Crippen LogP contribution in [0.1, 0.15) is 37.1 Å². The van der Waals surface area contributed by atoms with Gasteiger partial charge in [0, 0.05) is 0 Å². The Balaban J connectivity index is 2.14. The fourth-order valence-corrected chi connectivity index (χ4v) is 1.11. The minimum atomic E-state index is -0.140. The SMILES string of the molecule is CC(C)(C)OCCOCc1ccc(C=O)o1. The van der Waals surface area contributed by atoms with Crippen molar-refractivity contribution in [2.24, 2.45) is 0 Å². The van der Waals surface area contributed by atoms with Crippen molar-refractivity contribution in [1.29, 1.82) is 0 Å². The lowest BCUT2D eigenvalue weighted by atomic mass is 10.2. The first kappa shape index (κ1) is 12.9. The maximum Gasteiger partial charge on any atom is 0.185 e. The molecule has 4 heteroatoms. The van der Waals surface area contributed by atoms with Crippen LogP contribution >= 0.6 is 0 Å². The number of aldehydes is 1. The van der Waals surface area contributed by atoms with Crippen LogP contribution in [0, 0.1) is 0 Å². The fraction of sp³-hybridized carbons (Fsp3) is 0.583. The van der Waals surface area contributed by atoms with Crippen molar-refractivity contribution < 1.29 is 18.7 Å². The van der Waals surface area contributed by atoms with Crippen LogP contribution in [0.2, 0.25) is 0 Å². The van der Waals surface area contributed by atoms with Gasteiger partial charge in [0.05, 0.1) is 18.8 Å². The molecular formula is C12H18O4. The Morgan fingerprint density at radius 3 is 2.62 bits per heavy atom. The summed E-state index contributed by atoms with van der Waals surface area (Å²) in [6.07, 6.45) is 0.673. The van der Waals surface area contributed by atoms with Crippen LogP contribution in [-0.2, 0) is 16.1 Å². The summed E-state index contributed by atoms with van der Waals surface area (Å²) in [7, 11) is 0. The number of furan rings is 1. The summed E-state index contributed by atoms with van der Waals surface area (Å²) >= 11 is 0. The fourth-order valence-electron chi connectivity index (χ4n) is 1.11. The Morgan fingerprint density at radius 1 is 1.31 bits per heavy atom.